The molecule has 1 nitrogen and oxygen atoms in total. The zero-order chi connectivity index (χ0) is 6.97. The summed E-state index contributed by atoms with van der Waals surface area (Å²) in [5.41, 5.74) is 2.78. The van der Waals surface area contributed by atoms with Crippen molar-refractivity contribution in [3.05, 3.63) is 35.4 Å². The lowest BCUT2D eigenvalue weighted by molar-refractivity contribution is 0.758. The molecule has 0 aromatic heterocycles. The van der Waals surface area contributed by atoms with Gasteiger partial charge < -0.3 is 0 Å². The molecule has 1 aliphatic rings. The zero-order valence-electron chi connectivity index (χ0n) is 5.88. The van der Waals surface area contributed by atoms with Gasteiger partial charge in [-0.15, -0.1) is 12.4 Å². The first-order valence-electron chi connectivity index (χ1n) is 3.33. The van der Waals surface area contributed by atoms with Crippen LogP contribution in [0.4, 0.5) is 0 Å². The molecule has 1 N–H and O–H groups in total. The van der Waals surface area contributed by atoms with Gasteiger partial charge in [-0.2, -0.15) is 0 Å². The molecule has 1 aliphatic heterocycles. The van der Waals surface area contributed by atoms with E-state index in [0.29, 0.717) is 4.95 Å². The van der Waals surface area contributed by atoms with Crippen molar-refractivity contribution >= 4 is 28.3 Å². The summed E-state index contributed by atoms with van der Waals surface area (Å²) < 4.78 is 0. The highest BCUT2D eigenvalue weighted by Gasteiger charge is 2.16. The molecule has 0 amide bonds. The molecule has 60 valence electrons. The first kappa shape index (κ1) is 9.04. The van der Waals surface area contributed by atoms with Gasteiger partial charge in [0.05, 0.1) is 4.95 Å². The Morgan fingerprint density at radius 2 is 2.09 bits per heavy atom. The normalized spacial score (nSPS) is 20.6. The van der Waals surface area contributed by atoms with Crippen LogP contribution in [0.1, 0.15) is 16.1 Å². The molecule has 1 atom stereocenters. The molecule has 3 heteroatoms. The fraction of sp³-hybridized carbons (Fsp3) is 0.250. The second-order valence-corrected chi connectivity index (χ2v) is 3.36. The number of halogens is 2. The molecule has 0 saturated heterocycles. The predicted molar refractivity (Wildman–Crippen MR) is 52.2 cm³/mol. The minimum atomic E-state index is 0. The van der Waals surface area contributed by atoms with E-state index < -0.39 is 0 Å². The van der Waals surface area contributed by atoms with Crippen LogP contribution in [0, 0.1) is 0 Å². The summed E-state index contributed by atoms with van der Waals surface area (Å²) in [5, 5.41) is 3.30. The largest absolute Gasteiger partial charge is 0.297 e. The van der Waals surface area contributed by atoms with Crippen molar-refractivity contribution in [2.24, 2.45) is 0 Å². The summed E-state index contributed by atoms with van der Waals surface area (Å²) >= 11 is 3.53. The first-order valence-corrected chi connectivity index (χ1v) is 4.25. The Kier molecular flexibility index (Phi) is 2.93. The Labute approximate surface area is 80.7 Å². The first-order chi connectivity index (χ1) is 4.88. The lowest BCUT2D eigenvalue weighted by Crippen LogP contribution is -2.03. The number of hydrogen-bond donors (Lipinski definition) is 1. The lowest BCUT2D eigenvalue weighted by Gasteiger charge is -1.99. The standard InChI is InChI=1S/C8H8BrN.ClH/c9-8-7-4-2-1-3-6(7)5-10-8;/h1-4,8,10H,5H2;1H. The fourth-order valence-electron chi connectivity index (χ4n) is 1.25. The van der Waals surface area contributed by atoms with E-state index >= 15 is 0 Å². The van der Waals surface area contributed by atoms with Gasteiger partial charge in [-0.05, 0) is 11.1 Å². The molecule has 0 spiro atoms. The van der Waals surface area contributed by atoms with Crippen LogP contribution < -0.4 is 5.32 Å². The van der Waals surface area contributed by atoms with Gasteiger partial charge in [0.25, 0.3) is 0 Å². The van der Waals surface area contributed by atoms with Gasteiger partial charge in [-0.25, -0.2) is 0 Å². The molecule has 1 heterocycles. The molecule has 1 aromatic rings. The SMILES string of the molecule is BrC1NCc2ccccc21.Cl. The second-order valence-electron chi connectivity index (χ2n) is 2.44. The number of fused-ring (bicyclic) bond motifs is 1. The molecule has 1 unspecified atom stereocenters. The van der Waals surface area contributed by atoms with Crippen LogP contribution in [0.2, 0.25) is 0 Å². The molecule has 11 heavy (non-hydrogen) atoms. The summed E-state index contributed by atoms with van der Waals surface area (Å²) in [6.07, 6.45) is 0. The van der Waals surface area contributed by atoms with Gasteiger partial charge in [-0.3, -0.25) is 5.32 Å². The van der Waals surface area contributed by atoms with Crippen molar-refractivity contribution in [2.75, 3.05) is 0 Å². The molecule has 1 aromatic carbocycles. The van der Waals surface area contributed by atoms with Gasteiger partial charge in [0.2, 0.25) is 0 Å². The molecular weight excluding hydrogens is 225 g/mol. The molecule has 0 radical (unpaired) electrons. The Morgan fingerprint density at radius 1 is 1.36 bits per heavy atom. The molecular formula is C8H9BrClN. The number of hydrogen-bond acceptors (Lipinski definition) is 1. The lowest BCUT2D eigenvalue weighted by atomic mass is 10.1. The van der Waals surface area contributed by atoms with Crippen molar-refractivity contribution in [1.29, 1.82) is 0 Å². The van der Waals surface area contributed by atoms with Crippen LogP contribution >= 0.6 is 28.3 Å². The van der Waals surface area contributed by atoms with E-state index in [4.69, 9.17) is 0 Å². The van der Waals surface area contributed by atoms with Crippen LogP contribution in [0.5, 0.6) is 0 Å². The number of nitrogens with one attached hydrogen (secondary N) is 1. The number of benzene rings is 1. The van der Waals surface area contributed by atoms with E-state index in [1.807, 2.05) is 0 Å². The molecule has 0 aliphatic carbocycles. The van der Waals surface area contributed by atoms with Gasteiger partial charge in [0, 0.05) is 6.54 Å². The third-order valence-corrected chi connectivity index (χ3v) is 2.62. The van der Waals surface area contributed by atoms with Gasteiger partial charge >= 0.3 is 0 Å². The van der Waals surface area contributed by atoms with Crippen LogP contribution in [0.3, 0.4) is 0 Å². The van der Waals surface area contributed by atoms with E-state index in [0.717, 1.165) is 6.54 Å². The van der Waals surface area contributed by atoms with E-state index in [1.54, 1.807) is 0 Å². The second kappa shape index (κ2) is 3.57. The number of alkyl halides is 1. The number of rotatable bonds is 0. The highest BCUT2D eigenvalue weighted by Crippen LogP contribution is 2.28. The molecule has 0 saturated carbocycles. The van der Waals surface area contributed by atoms with Crippen LogP contribution in [-0.4, -0.2) is 0 Å². The maximum atomic E-state index is 3.53. The molecule has 0 fully saturated rings. The van der Waals surface area contributed by atoms with Crippen molar-refractivity contribution < 1.29 is 0 Å². The van der Waals surface area contributed by atoms with Crippen molar-refractivity contribution in [3.8, 4) is 0 Å². The minimum absolute atomic E-state index is 0. The smallest absolute Gasteiger partial charge is 0.0892 e. The molecule has 2 rings (SSSR count). The average Bonchev–Trinajstić information content (AvgIpc) is 2.34. The van der Waals surface area contributed by atoms with Gasteiger partial charge in [-0.1, -0.05) is 40.2 Å². The maximum absolute atomic E-state index is 3.53. The zero-order valence-corrected chi connectivity index (χ0v) is 8.28. The monoisotopic (exact) mass is 233 g/mol. The summed E-state index contributed by atoms with van der Waals surface area (Å²) in [5.74, 6) is 0. The maximum Gasteiger partial charge on any atom is 0.0892 e. The van der Waals surface area contributed by atoms with Gasteiger partial charge in [0.1, 0.15) is 0 Å². The summed E-state index contributed by atoms with van der Waals surface area (Å²) in [4.78, 5) is 0.365. The minimum Gasteiger partial charge on any atom is -0.297 e. The predicted octanol–water partition coefficient (Wildman–Crippen LogP) is 2.61. The van der Waals surface area contributed by atoms with Crippen LogP contribution in [0.25, 0.3) is 0 Å². The summed E-state index contributed by atoms with van der Waals surface area (Å²) in [6.45, 7) is 0.992. The Morgan fingerprint density at radius 3 is 2.82 bits per heavy atom. The van der Waals surface area contributed by atoms with E-state index in [9.17, 15) is 0 Å². The third kappa shape index (κ3) is 1.58. The highest BCUT2D eigenvalue weighted by atomic mass is 79.9. The quantitative estimate of drug-likeness (QED) is 0.537. The van der Waals surface area contributed by atoms with Crippen molar-refractivity contribution in [1.82, 2.24) is 5.32 Å². The molecule has 0 bridgehead atoms. The Bertz CT molecular complexity index is 252. The Hall–Kier alpha value is -0.0500. The van der Waals surface area contributed by atoms with E-state index in [2.05, 4.69) is 45.5 Å². The average molecular weight is 235 g/mol. The Balaban J connectivity index is 0.000000605. The van der Waals surface area contributed by atoms with Crippen LogP contribution in [-0.2, 0) is 6.54 Å². The van der Waals surface area contributed by atoms with Crippen molar-refractivity contribution in [2.45, 2.75) is 11.5 Å². The third-order valence-electron chi connectivity index (χ3n) is 1.80. The van der Waals surface area contributed by atoms with E-state index in [-0.39, 0.29) is 12.4 Å². The van der Waals surface area contributed by atoms with E-state index in [1.165, 1.54) is 11.1 Å². The fourth-order valence-corrected chi connectivity index (χ4v) is 1.86. The summed E-state index contributed by atoms with van der Waals surface area (Å²) in [7, 11) is 0. The summed E-state index contributed by atoms with van der Waals surface area (Å²) in [6, 6.07) is 8.45. The van der Waals surface area contributed by atoms with Crippen LogP contribution in [0.15, 0.2) is 24.3 Å². The van der Waals surface area contributed by atoms with Gasteiger partial charge in [0.15, 0.2) is 0 Å². The van der Waals surface area contributed by atoms with Crippen molar-refractivity contribution in [3.63, 3.8) is 0 Å². The topological polar surface area (TPSA) is 12.0 Å². The highest BCUT2D eigenvalue weighted by molar-refractivity contribution is 9.09.